The topological polar surface area (TPSA) is 74.8 Å². The van der Waals surface area contributed by atoms with Gasteiger partial charge in [0.05, 0.1) is 7.11 Å². The Kier molecular flexibility index (Phi) is 10.9. The number of rotatable bonds is 11. The molecular formula is C19H32N4O2. The normalized spacial score (nSPS) is 11.1. The quantitative estimate of drug-likeness (QED) is 0.326. The van der Waals surface area contributed by atoms with Crippen LogP contribution in [-0.4, -0.2) is 38.6 Å². The van der Waals surface area contributed by atoms with Crippen LogP contribution < -0.4 is 20.7 Å². The lowest BCUT2D eigenvalue weighted by atomic mass is 10.2. The van der Waals surface area contributed by atoms with Crippen molar-refractivity contribution in [2.45, 2.75) is 46.1 Å². The van der Waals surface area contributed by atoms with Gasteiger partial charge in [0, 0.05) is 19.6 Å². The molecule has 0 unspecified atom stereocenters. The summed E-state index contributed by atoms with van der Waals surface area (Å²) in [4.78, 5) is 16.3. The van der Waals surface area contributed by atoms with Crippen LogP contribution in [0.2, 0.25) is 0 Å². The second-order valence-electron chi connectivity index (χ2n) is 5.81. The Morgan fingerprint density at radius 1 is 1.04 bits per heavy atom. The van der Waals surface area contributed by atoms with E-state index in [2.05, 4.69) is 27.9 Å². The molecule has 0 aliphatic heterocycles. The van der Waals surface area contributed by atoms with Crippen LogP contribution in [0.3, 0.4) is 0 Å². The number of methoxy groups -OCH3 is 1. The molecule has 140 valence electrons. The van der Waals surface area contributed by atoms with Crippen LogP contribution in [0, 0.1) is 0 Å². The van der Waals surface area contributed by atoms with E-state index in [1.165, 1.54) is 19.3 Å². The summed E-state index contributed by atoms with van der Waals surface area (Å²) in [5, 5.41) is 9.30. The molecule has 25 heavy (non-hydrogen) atoms. The first-order chi connectivity index (χ1) is 12.2. The second kappa shape index (κ2) is 13.1. The van der Waals surface area contributed by atoms with E-state index >= 15 is 0 Å². The van der Waals surface area contributed by atoms with Crippen LogP contribution in [0.5, 0.6) is 5.75 Å². The minimum absolute atomic E-state index is 0.0981. The molecular weight excluding hydrogens is 316 g/mol. The number of unbranched alkanes of at least 4 members (excludes halogenated alkanes) is 3. The first-order valence-corrected chi connectivity index (χ1v) is 9.11. The predicted molar refractivity (Wildman–Crippen MR) is 103 cm³/mol. The van der Waals surface area contributed by atoms with E-state index in [0.717, 1.165) is 30.8 Å². The van der Waals surface area contributed by atoms with Gasteiger partial charge in [0.15, 0.2) is 5.96 Å². The molecule has 0 aliphatic carbocycles. The number of nitrogens with one attached hydrogen (secondary N) is 3. The van der Waals surface area contributed by atoms with Gasteiger partial charge in [0.1, 0.15) is 12.3 Å². The van der Waals surface area contributed by atoms with Crippen molar-refractivity contribution in [2.24, 2.45) is 4.99 Å². The summed E-state index contributed by atoms with van der Waals surface area (Å²) < 4.78 is 5.12. The summed E-state index contributed by atoms with van der Waals surface area (Å²) in [7, 11) is 1.63. The summed E-state index contributed by atoms with van der Waals surface area (Å²) in [5.41, 5.74) is 1.03. The average molecular weight is 348 g/mol. The van der Waals surface area contributed by atoms with Crippen LogP contribution in [0.1, 0.15) is 45.1 Å². The lowest BCUT2D eigenvalue weighted by molar-refractivity contribution is -0.119. The van der Waals surface area contributed by atoms with Gasteiger partial charge in [-0.1, -0.05) is 38.3 Å². The third-order valence-electron chi connectivity index (χ3n) is 3.70. The van der Waals surface area contributed by atoms with Crippen molar-refractivity contribution in [3.05, 3.63) is 29.8 Å². The third kappa shape index (κ3) is 9.59. The van der Waals surface area contributed by atoms with Crippen LogP contribution in [-0.2, 0) is 11.3 Å². The Bertz CT molecular complexity index is 515. The van der Waals surface area contributed by atoms with Crippen molar-refractivity contribution in [3.63, 3.8) is 0 Å². The van der Waals surface area contributed by atoms with E-state index < -0.39 is 0 Å². The molecule has 0 saturated carbocycles. The highest BCUT2D eigenvalue weighted by atomic mass is 16.5. The summed E-state index contributed by atoms with van der Waals surface area (Å²) >= 11 is 0. The molecule has 0 bridgehead atoms. The standard InChI is InChI=1S/C19H32N4O2/c1-4-6-7-8-13-21-19(20-5-2)23-15-18(24)22-14-16-9-11-17(25-3)12-10-16/h9-12H,4-8,13-15H2,1-3H3,(H,22,24)(H2,20,21,23). The van der Waals surface area contributed by atoms with Gasteiger partial charge in [-0.15, -0.1) is 0 Å². The maximum atomic E-state index is 12.0. The number of hydrogen-bond donors (Lipinski definition) is 3. The highest BCUT2D eigenvalue weighted by Gasteiger charge is 2.03. The zero-order valence-corrected chi connectivity index (χ0v) is 15.7. The zero-order chi connectivity index (χ0) is 18.3. The first-order valence-electron chi connectivity index (χ1n) is 9.11. The number of ether oxygens (including phenoxy) is 1. The van der Waals surface area contributed by atoms with Crippen LogP contribution in [0.4, 0.5) is 0 Å². The van der Waals surface area contributed by atoms with E-state index in [-0.39, 0.29) is 12.5 Å². The number of nitrogens with zero attached hydrogens (tertiary/aromatic N) is 1. The van der Waals surface area contributed by atoms with Crippen molar-refractivity contribution in [1.82, 2.24) is 16.0 Å². The molecule has 0 saturated heterocycles. The number of guanidine groups is 1. The average Bonchev–Trinajstić information content (AvgIpc) is 2.64. The molecule has 0 atom stereocenters. The van der Waals surface area contributed by atoms with Crippen molar-refractivity contribution < 1.29 is 9.53 Å². The van der Waals surface area contributed by atoms with Gasteiger partial charge in [-0.3, -0.25) is 4.79 Å². The SMILES string of the molecule is CCCCCCNC(=NCC(=O)NCc1ccc(OC)cc1)NCC. The van der Waals surface area contributed by atoms with E-state index in [4.69, 9.17) is 4.74 Å². The van der Waals surface area contributed by atoms with E-state index in [9.17, 15) is 4.79 Å². The van der Waals surface area contributed by atoms with Crippen molar-refractivity contribution >= 4 is 11.9 Å². The molecule has 6 nitrogen and oxygen atoms in total. The highest BCUT2D eigenvalue weighted by molar-refractivity contribution is 5.84. The van der Waals surface area contributed by atoms with Crippen LogP contribution in [0.25, 0.3) is 0 Å². The second-order valence-corrected chi connectivity index (χ2v) is 5.81. The molecule has 0 aromatic heterocycles. The van der Waals surface area contributed by atoms with Gasteiger partial charge in [0.2, 0.25) is 5.91 Å². The van der Waals surface area contributed by atoms with E-state index in [1.54, 1.807) is 7.11 Å². The van der Waals surface area contributed by atoms with Crippen LogP contribution >= 0.6 is 0 Å². The Balaban J connectivity index is 2.34. The first kappa shape index (κ1) is 20.8. The monoisotopic (exact) mass is 348 g/mol. The molecule has 0 fully saturated rings. The Labute approximate surface area is 151 Å². The molecule has 0 heterocycles. The van der Waals surface area contributed by atoms with E-state index in [1.807, 2.05) is 31.2 Å². The lowest BCUT2D eigenvalue weighted by Crippen LogP contribution is -2.38. The Morgan fingerprint density at radius 2 is 1.80 bits per heavy atom. The van der Waals surface area contributed by atoms with Gasteiger partial charge in [0.25, 0.3) is 0 Å². The minimum atomic E-state index is -0.0981. The maximum absolute atomic E-state index is 12.0. The summed E-state index contributed by atoms with van der Waals surface area (Å²) in [6.45, 7) is 6.45. The molecule has 0 radical (unpaired) electrons. The fraction of sp³-hybridized carbons (Fsp3) is 0.579. The molecule has 1 aromatic rings. The largest absolute Gasteiger partial charge is 0.497 e. The third-order valence-corrected chi connectivity index (χ3v) is 3.70. The molecule has 1 amide bonds. The smallest absolute Gasteiger partial charge is 0.242 e. The van der Waals surface area contributed by atoms with Gasteiger partial charge in [-0.2, -0.15) is 0 Å². The van der Waals surface area contributed by atoms with Crippen molar-refractivity contribution in [1.29, 1.82) is 0 Å². The number of hydrogen-bond acceptors (Lipinski definition) is 3. The minimum Gasteiger partial charge on any atom is -0.497 e. The van der Waals surface area contributed by atoms with Gasteiger partial charge >= 0.3 is 0 Å². The summed E-state index contributed by atoms with van der Waals surface area (Å²) in [6, 6.07) is 7.63. The summed E-state index contributed by atoms with van der Waals surface area (Å²) in [5.74, 6) is 1.40. The Morgan fingerprint density at radius 3 is 2.44 bits per heavy atom. The number of benzene rings is 1. The fourth-order valence-corrected chi connectivity index (χ4v) is 2.25. The number of aliphatic imine (C=N–C) groups is 1. The fourth-order valence-electron chi connectivity index (χ4n) is 2.25. The van der Waals surface area contributed by atoms with E-state index in [0.29, 0.717) is 12.5 Å². The molecule has 3 N–H and O–H groups in total. The molecule has 1 aromatic carbocycles. The predicted octanol–water partition coefficient (Wildman–Crippen LogP) is 2.45. The van der Waals surface area contributed by atoms with Gasteiger partial charge in [-0.05, 0) is 31.0 Å². The number of carbonyl (C=O) groups excluding carboxylic acids is 1. The molecule has 6 heteroatoms. The Hall–Kier alpha value is -2.24. The molecule has 0 aliphatic rings. The van der Waals surface area contributed by atoms with Crippen LogP contribution in [0.15, 0.2) is 29.3 Å². The lowest BCUT2D eigenvalue weighted by Gasteiger charge is -2.11. The number of carbonyl (C=O) groups is 1. The number of amides is 1. The van der Waals surface area contributed by atoms with Crippen molar-refractivity contribution in [3.8, 4) is 5.75 Å². The molecule has 1 rings (SSSR count). The van der Waals surface area contributed by atoms with Crippen molar-refractivity contribution in [2.75, 3.05) is 26.7 Å². The summed E-state index contributed by atoms with van der Waals surface area (Å²) in [6.07, 6.45) is 4.80. The highest BCUT2D eigenvalue weighted by Crippen LogP contribution is 2.10. The van der Waals surface area contributed by atoms with Gasteiger partial charge in [-0.25, -0.2) is 4.99 Å². The molecule has 0 spiro atoms. The maximum Gasteiger partial charge on any atom is 0.242 e. The van der Waals surface area contributed by atoms with Gasteiger partial charge < -0.3 is 20.7 Å². The zero-order valence-electron chi connectivity index (χ0n) is 15.7.